The van der Waals surface area contributed by atoms with Crippen molar-refractivity contribution in [2.45, 2.75) is 79.1 Å². The van der Waals surface area contributed by atoms with Gasteiger partial charge in [0, 0.05) is 17.9 Å². The fraction of sp³-hybridized carbons (Fsp3) is 0.565. The van der Waals surface area contributed by atoms with Crippen molar-refractivity contribution in [2.75, 3.05) is 0 Å². The summed E-state index contributed by atoms with van der Waals surface area (Å²) >= 11 is 6.83. The van der Waals surface area contributed by atoms with Crippen LogP contribution in [0, 0.1) is 19.3 Å². The van der Waals surface area contributed by atoms with Crippen molar-refractivity contribution >= 4 is 23.2 Å². The zero-order valence-electron chi connectivity index (χ0n) is 16.6. The molecular formula is C23H29ClO2. The Hall–Kier alpha value is -1.41. The smallest absolute Gasteiger partial charge is 0.166 e. The van der Waals surface area contributed by atoms with Crippen molar-refractivity contribution in [3.8, 4) is 0 Å². The fourth-order valence-electron chi connectivity index (χ4n) is 4.72. The first-order valence-corrected chi connectivity index (χ1v) is 10.2. The Kier molecular flexibility index (Phi) is 5.18. The summed E-state index contributed by atoms with van der Waals surface area (Å²) in [5, 5.41) is 0.832. The van der Waals surface area contributed by atoms with Crippen LogP contribution in [0.4, 0.5) is 0 Å². The van der Waals surface area contributed by atoms with Crippen LogP contribution in [0.25, 0.3) is 0 Å². The number of halogens is 1. The number of hydrogen-bond acceptors (Lipinski definition) is 2. The predicted octanol–water partition coefficient (Wildman–Crippen LogP) is 5.82. The zero-order chi connectivity index (χ0) is 19.2. The molecule has 2 nitrogen and oxygen atoms in total. The van der Waals surface area contributed by atoms with Gasteiger partial charge in [-0.1, -0.05) is 44.9 Å². The minimum absolute atomic E-state index is 0.0277. The molecule has 0 amide bonds. The molecule has 0 radical (unpaired) electrons. The Bertz CT molecular complexity index is 818. The average Bonchev–Trinajstić information content (AvgIpc) is 2.98. The van der Waals surface area contributed by atoms with Crippen molar-refractivity contribution in [2.24, 2.45) is 5.41 Å². The van der Waals surface area contributed by atoms with Crippen LogP contribution in [0.5, 0.6) is 0 Å². The van der Waals surface area contributed by atoms with Gasteiger partial charge in [-0.25, -0.2) is 0 Å². The summed E-state index contributed by atoms with van der Waals surface area (Å²) in [5.74, 6) is 0.0149. The van der Waals surface area contributed by atoms with Gasteiger partial charge in [0.2, 0.25) is 0 Å². The van der Waals surface area contributed by atoms with Crippen LogP contribution < -0.4 is 0 Å². The summed E-state index contributed by atoms with van der Waals surface area (Å²) in [4.78, 5) is 24.5. The first-order chi connectivity index (χ1) is 12.2. The summed E-state index contributed by atoms with van der Waals surface area (Å²) in [6.07, 6.45) is 6.67. The maximum Gasteiger partial charge on any atom is 0.166 e. The third-order valence-electron chi connectivity index (χ3n) is 6.67. The normalized spacial score (nSPS) is 25.2. The van der Waals surface area contributed by atoms with Crippen molar-refractivity contribution in [3.05, 3.63) is 44.5 Å². The van der Waals surface area contributed by atoms with Crippen LogP contribution in [0.1, 0.15) is 80.2 Å². The molecular weight excluding hydrogens is 344 g/mol. The summed E-state index contributed by atoms with van der Waals surface area (Å²) < 4.78 is 0. The van der Waals surface area contributed by atoms with Crippen molar-refractivity contribution < 1.29 is 9.59 Å². The van der Waals surface area contributed by atoms with Crippen molar-refractivity contribution in [1.82, 2.24) is 0 Å². The molecule has 3 rings (SSSR count). The third kappa shape index (κ3) is 3.07. The highest BCUT2D eigenvalue weighted by Crippen LogP contribution is 2.48. The SMILES string of the molecule is CCC(=O)C1=CCC(c2c(C)c3c(c(C)c2Cl)CC(C)(CC)C3)CC1=O. The van der Waals surface area contributed by atoms with Crippen LogP contribution in [0.15, 0.2) is 11.6 Å². The van der Waals surface area contributed by atoms with E-state index < -0.39 is 0 Å². The highest BCUT2D eigenvalue weighted by Gasteiger charge is 2.37. The van der Waals surface area contributed by atoms with E-state index in [1.165, 1.54) is 22.3 Å². The molecule has 0 aliphatic heterocycles. The topological polar surface area (TPSA) is 34.1 Å². The number of Topliss-reactive ketones (excluding diaryl/α,β-unsaturated/α-hetero) is 2. The molecule has 2 aliphatic rings. The Morgan fingerprint density at radius 1 is 1.19 bits per heavy atom. The van der Waals surface area contributed by atoms with E-state index in [0.29, 0.717) is 23.8 Å². The molecule has 0 fully saturated rings. The maximum absolute atomic E-state index is 12.5. The number of fused-ring (bicyclic) bond motifs is 1. The van der Waals surface area contributed by atoms with Gasteiger partial charge in [0.1, 0.15) is 0 Å². The molecule has 3 heteroatoms. The fourth-order valence-corrected chi connectivity index (χ4v) is 5.13. The Morgan fingerprint density at radius 2 is 1.81 bits per heavy atom. The summed E-state index contributed by atoms with van der Waals surface area (Å²) in [7, 11) is 0. The molecule has 0 aromatic heterocycles. The molecule has 140 valence electrons. The highest BCUT2D eigenvalue weighted by atomic mass is 35.5. The average molecular weight is 373 g/mol. The second-order valence-electron chi connectivity index (χ2n) is 8.41. The van der Waals surface area contributed by atoms with Gasteiger partial charge >= 0.3 is 0 Å². The molecule has 0 spiro atoms. The third-order valence-corrected chi connectivity index (χ3v) is 7.16. The van der Waals surface area contributed by atoms with Gasteiger partial charge in [-0.2, -0.15) is 0 Å². The van der Waals surface area contributed by atoms with E-state index >= 15 is 0 Å². The van der Waals surface area contributed by atoms with Gasteiger partial charge in [-0.05, 0) is 72.3 Å². The van der Waals surface area contributed by atoms with Gasteiger partial charge < -0.3 is 0 Å². The lowest BCUT2D eigenvalue weighted by atomic mass is 9.78. The number of ketones is 2. The van der Waals surface area contributed by atoms with Gasteiger partial charge in [0.05, 0.1) is 5.57 Å². The Balaban J connectivity index is 2.03. The van der Waals surface area contributed by atoms with E-state index in [-0.39, 0.29) is 17.5 Å². The van der Waals surface area contributed by atoms with Crippen LogP contribution >= 0.6 is 11.6 Å². The quantitative estimate of drug-likeness (QED) is 0.623. The second kappa shape index (κ2) is 6.96. The second-order valence-corrected chi connectivity index (χ2v) is 8.78. The minimum atomic E-state index is -0.0416. The molecule has 26 heavy (non-hydrogen) atoms. The van der Waals surface area contributed by atoms with E-state index in [1.54, 1.807) is 6.92 Å². The number of benzene rings is 1. The minimum Gasteiger partial charge on any atom is -0.294 e. The Morgan fingerprint density at radius 3 is 2.35 bits per heavy atom. The van der Waals surface area contributed by atoms with Crippen LogP contribution in [-0.2, 0) is 22.4 Å². The first kappa shape index (κ1) is 19.4. The van der Waals surface area contributed by atoms with E-state index in [0.717, 1.165) is 36.3 Å². The predicted molar refractivity (Wildman–Crippen MR) is 107 cm³/mol. The molecule has 0 heterocycles. The maximum atomic E-state index is 12.5. The molecule has 2 atom stereocenters. The van der Waals surface area contributed by atoms with Gasteiger partial charge in [-0.15, -0.1) is 0 Å². The summed E-state index contributed by atoms with van der Waals surface area (Å²) in [5.41, 5.74) is 7.15. The molecule has 1 aromatic carbocycles. The van der Waals surface area contributed by atoms with Gasteiger partial charge in [-0.3, -0.25) is 9.59 Å². The largest absolute Gasteiger partial charge is 0.294 e. The Labute approximate surface area is 162 Å². The van der Waals surface area contributed by atoms with Crippen LogP contribution in [0.3, 0.4) is 0 Å². The molecule has 0 N–H and O–H groups in total. The molecule has 2 aliphatic carbocycles. The van der Waals surface area contributed by atoms with Gasteiger partial charge in [0.25, 0.3) is 0 Å². The first-order valence-electron chi connectivity index (χ1n) is 9.79. The molecule has 1 aromatic rings. The summed E-state index contributed by atoms with van der Waals surface area (Å²) in [6.45, 7) is 10.7. The molecule has 0 saturated heterocycles. The van der Waals surface area contributed by atoms with Gasteiger partial charge in [0.15, 0.2) is 11.6 Å². The van der Waals surface area contributed by atoms with Crippen LogP contribution in [0.2, 0.25) is 5.02 Å². The lowest BCUT2D eigenvalue weighted by Crippen LogP contribution is -2.21. The standard InChI is InChI=1S/C23H29ClO2/c1-6-19(25)16-9-8-15(10-20(16)26)21-13(3)17-11-23(5,7-2)12-18(17)14(4)22(21)24/h9,15H,6-8,10-12H2,1-5H3. The zero-order valence-corrected chi connectivity index (χ0v) is 17.3. The molecule has 0 bridgehead atoms. The number of allylic oxidation sites excluding steroid dienone is 2. The summed E-state index contributed by atoms with van der Waals surface area (Å²) in [6, 6.07) is 0. The van der Waals surface area contributed by atoms with Crippen molar-refractivity contribution in [1.29, 1.82) is 0 Å². The monoisotopic (exact) mass is 372 g/mol. The van der Waals surface area contributed by atoms with E-state index in [1.807, 2.05) is 6.08 Å². The highest BCUT2D eigenvalue weighted by molar-refractivity contribution is 6.32. The van der Waals surface area contributed by atoms with E-state index in [2.05, 4.69) is 27.7 Å². The lowest BCUT2D eigenvalue weighted by molar-refractivity contribution is -0.121. The van der Waals surface area contributed by atoms with E-state index in [9.17, 15) is 9.59 Å². The van der Waals surface area contributed by atoms with E-state index in [4.69, 9.17) is 11.6 Å². The van der Waals surface area contributed by atoms with Crippen molar-refractivity contribution in [3.63, 3.8) is 0 Å². The number of hydrogen-bond donors (Lipinski definition) is 0. The molecule has 2 unspecified atom stereocenters. The lowest BCUT2D eigenvalue weighted by Gasteiger charge is -2.26. The number of rotatable bonds is 4. The molecule has 0 saturated carbocycles. The number of carbonyl (C=O) groups is 2. The van der Waals surface area contributed by atoms with Crippen LogP contribution in [-0.4, -0.2) is 11.6 Å². The number of carbonyl (C=O) groups excluding carboxylic acids is 2.